The summed E-state index contributed by atoms with van der Waals surface area (Å²) in [5.41, 5.74) is 2.56. The van der Waals surface area contributed by atoms with Crippen LogP contribution in [0.2, 0.25) is 5.02 Å². The molecule has 1 aliphatic heterocycles. The van der Waals surface area contributed by atoms with E-state index in [9.17, 15) is 4.39 Å². The molecule has 3 heterocycles. The van der Waals surface area contributed by atoms with Gasteiger partial charge in [0.25, 0.3) is 0 Å². The highest BCUT2D eigenvalue weighted by atomic mass is 35.5. The summed E-state index contributed by atoms with van der Waals surface area (Å²) in [6.45, 7) is 1.88. The maximum absolute atomic E-state index is 14.6. The third-order valence-electron chi connectivity index (χ3n) is 5.03. The van der Waals surface area contributed by atoms with Gasteiger partial charge in [-0.15, -0.1) is 0 Å². The standard InChI is InChI=1S/C21H17ClFN5/c22-14-7-9-15(10-8-14)28-19(16-5-1-2-6-17(16)23)26-18-20(24-13-25-21(18)28)27-11-3-4-12-27/h1-2,5-10,13H,3-4,11-12H2. The maximum Gasteiger partial charge on any atom is 0.170 e. The van der Waals surface area contributed by atoms with Crippen LogP contribution in [-0.4, -0.2) is 32.6 Å². The number of anilines is 1. The summed E-state index contributed by atoms with van der Waals surface area (Å²) < 4.78 is 16.5. The van der Waals surface area contributed by atoms with Gasteiger partial charge in [-0.1, -0.05) is 23.7 Å². The van der Waals surface area contributed by atoms with Gasteiger partial charge in [-0.05, 0) is 49.2 Å². The summed E-state index contributed by atoms with van der Waals surface area (Å²) in [5, 5.41) is 0.632. The zero-order valence-corrected chi connectivity index (χ0v) is 15.8. The molecular formula is C21H17ClFN5. The molecule has 2 aromatic carbocycles. The van der Waals surface area contributed by atoms with Crippen LogP contribution >= 0.6 is 11.6 Å². The van der Waals surface area contributed by atoms with Gasteiger partial charge in [0.1, 0.15) is 18.0 Å². The van der Waals surface area contributed by atoms with Crippen molar-refractivity contribution >= 4 is 28.6 Å². The molecule has 4 aromatic rings. The van der Waals surface area contributed by atoms with Gasteiger partial charge in [0.05, 0.1) is 5.56 Å². The van der Waals surface area contributed by atoms with Crippen molar-refractivity contribution in [3.63, 3.8) is 0 Å². The normalized spacial score (nSPS) is 14.1. The van der Waals surface area contributed by atoms with Gasteiger partial charge in [-0.3, -0.25) is 4.57 Å². The van der Waals surface area contributed by atoms with Gasteiger partial charge in [0.15, 0.2) is 17.0 Å². The van der Waals surface area contributed by atoms with Crippen LogP contribution in [0.5, 0.6) is 0 Å². The van der Waals surface area contributed by atoms with Gasteiger partial charge in [0, 0.05) is 23.8 Å². The zero-order chi connectivity index (χ0) is 19.1. The van der Waals surface area contributed by atoms with Crippen LogP contribution in [0.4, 0.5) is 10.2 Å². The van der Waals surface area contributed by atoms with Crippen LogP contribution in [0.25, 0.3) is 28.2 Å². The Hall–Kier alpha value is -2.99. The van der Waals surface area contributed by atoms with Gasteiger partial charge in [0.2, 0.25) is 0 Å². The topological polar surface area (TPSA) is 46.8 Å². The molecule has 28 heavy (non-hydrogen) atoms. The molecule has 0 N–H and O–H groups in total. The van der Waals surface area contributed by atoms with Crippen molar-refractivity contribution in [1.82, 2.24) is 19.5 Å². The van der Waals surface area contributed by atoms with Gasteiger partial charge in [-0.25, -0.2) is 19.3 Å². The third-order valence-corrected chi connectivity index (χ3v) is 5.28. The molecule has 0 amide bonds. The van der Waals surface area contributed by atoms with E-state index in [-0.39, 0.29) is 5.82 Å². The molecule has 2 aromatic heterocycles. The SMILES string of the molecule is Fc1ccccc1-c1nc2c(N3CCCC3)ncnc2n1-c1ccc(Cl)cc1. The first-order valence-corrected chi connectivity index (χ1v) is 9.59. The highest BCUT2D eigenvalue weighted by Crippen LogP contribution is 2.33. The number of rotatable bonds is 3. The fourth-order valence-electron chi connectivity index (χ4n) is 3.70. The van der Waals surface area contributed by atoms with Crippen molar-refractivity contribution in [2.75, 3.05) is 18.0 Å². The highest BCUT2D eigenvalue weighted by Gasteiger charge is 2.24. The molecule has 0 unspecified atom stereocenters. The molecule has 0 atom stereocenters. The van der Waals surface area contributed by atoms with E-state index in [1.165, 1.54) is 6.07 Å². The van der Waals surface area contributed by atoms with Crippen LogP contribution in [0.1, 0.15) is 12.8 Å². The van der Waals surface area contributed by atoms with Crippen molar-refractivity contribution in [2.24, 2.45) is 0 Å². The van der Waals surface area contributed by atoms with E-state index in [1.807, 2.05) is 16.7 Å². The minimum Gasteiger partial charge on any atom is -0.355 e. The van der Waals surface area contributed by atoms with Crippen LogP contribution in [0.15, 0.2) is 54.9 Å². The molecule has 0 saturated carbocycles. The Morgan fingerprint density at radius 3 is 2.43 bits per heavy atom. The molecule has 1 saturated heterocycles. The Bertz CT molecular complexity index is 1150. The van der Waals surface area contributed by atoms with Gasteiger partial charge >= 0.3 is 0 Å². The second kappa shape index (κ2) is 6.87. The largest absolute Gasteiger partial charge is 0.355 e. The summed E-state index contributed by atoms with van der Waals surface area (Å²) in [6, 6.07) is 14.0. The average molecular weight is 394 g/mol. The lowest BCUT2D eigenvalue weighted by Crippen LogP contribution is -2.19. The van der Waals surface area contributed by atoms with E-state index in [2.05, 4.69) is 14.9 Å². The first kappa shape index (κ1) is 17.1. The zero-order valence-electron chi connectivity index (χ0n) is 15.0. The molecule has 1 aliphatic rings. The van der Waals surface area contributed by atoms with Crippen LogP contribution in [0.3, 0.4) is 0 Å². The molecule has 7 heteroatoms. The van der Waals surface area contributed by atoms with Crippen molar-refractivity contribution in [3.8, 4) is 17.1 Å². The summed E-state index contributed by atoms with van der Waals surface area (Å²) >= 11 is 6.07. The molecule has 0 bridgehead atoms. The van der Waals surface area contributed by atoms with E-state index >= 15 is 0 Å². The monoisotopic (exact) mass is 393 g/mol. The molecule has 0 spiro atoms. The first-order chi connectivity index (χ1) is 13.7. The molecule has 5 rings (SSSR count). The van der Waals surface area contributed by atoms with Crippen molar-refractivity contribution in [1.29, 1.82) is 0 Å². The van der Waals surface area contributed by atoms with E-state index in [0.29, 0.717) is 27.6 Å². The minimum absolute atomic E-state index is 0.330. The predicted molar refractivity (Wildman–Crippen MR) is 109 cm³/mol. The molecule has 0 radical (unpaired) electrons. The fourth-order valence-corrected chi connectivity index (χ4v) is 3.82. The highest BCUT2D eigenvalue weighted by molar-refractivity contribution is 6.30. The second-order valence-corrected chi connectivity index (χ2v) is 7.23. The second-order valence-electron chi connectivity index (χ2n) is 6.79. The number of aromatic nitrogens is 4. The van der Waals surface area contributed by atoms with Crippen molar-refractivity contribution in [3.05, 3.63) is 65.7 Å². The number of imidazole rings is 1. The van der Waals surface area contributed by atoms with E-state index < -0.39 is 0 Å². The average Bonchev–Trinajstić information content (AvgIpc) is 3.37. The Kier molecular flexibility index (Phi) is 4.20. The summed E-state index contributed by atoms with van der Waals surface area (Å²) in [7, 11) is 0. The number of halogens is 2. The van der Waals surface area contributed by atoms with Gasteiger partial charge < -0.3 is 4.90 Å². The molecule has 140 valence electrons. The smallest absolute Gasteiger partial charge is 0.170 e. The van der Waals surface area contributed by atoms with Crippen molar-refractivity contribution in [2.45, 2.75) is 12.8 Å². The third kappa shape index (κ3) is 2.81. The quantitative estimate of drug-likeness (QED) is 0.498. The Morgan fingerprint density at radius 1 is 0.929 bits per heavy atom. The number of fused-ring (bicyclic) bond motifs is 1. The number of nitrogens with zero attached hydrogens (tertiary/aromatic N) is 5. The van der Waals surface area contributed by atoms with Gasteiger partial charge in [-0.2, -0.15) is 0 Å². The number of hydrogen-bond donors (Lipinski definition) is 0. The summed E-state index contributed by atoms with van der Waals surface area (Å²) in [5.74, 6) is 0.966. The Labute approximate surface area is 166 Å². The van der Waals surface area contributed by atoms with Crippen LogP contribution in [0, 0.1) is 5.82 Å². The van der Waals surface area contributed by atoms with Crippen LogP contribution < -0.4 is 4.90 Å². The van der Waals surface area contributed by atoms with E-state index in [4.69, 9.17) is 16.6 Å². The molecular weight excluding hydrogens is 377 g/mol. The van der Waals surface area contributed by atoms with Crippen molar-refractivity contribution < 1.29 is 4.39 Å². The van der Waals surface area contributed by atoms with Crippen LogP contribution in [-0.2, 0) is 0 Å². The lowest BCUT2D eigenvalue weighted by molar-refractivity contribution is 0.629. The molecule has 0 aliphatic carbocycles. The van der Waals surface area contributed by atoms with E-state index in [1.54, 1.807) is 36.7 Å². The lowest BCUT2D eigenvalue weighted by atomic mass is 10.2. The molecule has 1 fully saturated rings. The molecule has 5 nitrogen and oxygen atoms in total. The number of benzene rings is 2. The lowest BCUT2D eigenvalue weighted by Gasteiger charge is -2.16. The Morgan fingerprint density at radius 2 is 1.68 bits per heavy atom. The number of hydrogen-bond acceptors (Lipinski definition) is 4. The summed E-state index contributed by atoms with van der Waals surface area (Å²) in [6.07, 6.45) is 3.81. The first-order valence-electron chi connectivity index (χ1n) is 9.21. The Balaban J connectivity index is 1.82. The summed E-state index contributed by atoms with van der Waals surface area (Å²) in [4.78, 5) is 16.0. The fraction of sp³-hybridized carbons (Fsp3) is 0.190. The predicted octanol–water partition coefficient (Wildman–Crippen LogP) is 4.88. The minimum atomic E-state index is -0.330. The van der Waals surface area contributed by atoms with E-state index in [0.717, 1.165) is 37.4 Å². The maximum atomic E-state index is 14.6.